The van der Waals surface area contributed by atoms with E-state index in [1.165, 1.54) is 0 Å². The number of ether oxygens (including phenoxy) is 1. The van der Waals surface area contributed by atoms with Crippen molar-refractivity contribution >= 4 is 6.09 Å². The SMILES string of the molecule is CCC[C@@H]1CC=CCN1C(=O)OCc1ccccc1. The minimum atomic E-state index is -0.202. The molecule has 102 valence electrons. The largest absolute Gasteiger partial charge is 0.445 e. The van der Waals surface area contributed by atoms with Crippen LogP contribution in [0.2, 0.25) is 0 Å². The lowest BCUT2D eigenvalue weighted by molar-refractivity contribution is 0.0815. The van der Waals surface area contributed by atoms with E-state index in [-0.39, 0.29) is 6.09 Å². The Morgan fingerprint density at radius 3 is 2.84 bits per heavy atom. The molecule has 3 nitrogen and oxygen atoms in total. The number of amides is 1. The van der Waals surface area contributed by atoms with Crippen LogP contribution in [0.4, 0.5) is 4.79 Å². The zero-order valence-corrected chi connectivity index (χ0v) is 11.4. The number of rotatable bonds is 4. The summed E-state index contributed by atoms with van der Waals surface area (Å²) < 4.78 is 5.40. The van der Waals surface area contributed by atoms with Gasteiger partial charge in [-0.2, -0.15) is 0 Å². The highest BCUT2D eigenvalue weighted by molar-refractivity contribution is 5.68. The molecule has 3 heteroatoms. The van der Waals surface area contributed by atoms with E-state index in [1.54, 1.807) is 0 Å². The average Bonchev–Trinajstić information content (AvgIpc) is 2.47. The molecule has 19 heavy (non-hydrogen) atoms. The van der Waals surface area contributed by atoms with Gasteiger partial charge in [-0.3, -0.25) is 0 Å². The maximum absolute atomic E-state index is 12.1. The van der Waals surface area contributed by atoms with Crippen LogP contribution in [0.5, 0.6) is 0 Å². The van der Waals surface area contributed by atoms with Gasteiger partial charge in [-0.1, -0.05) is 55.8 Å². The Morgan fingerprint density at radius 2 is 2.11 bits per heavy atom. The van der Waals surface area contributed by atoms with Gasteiger partial charge in [-0.05, 0) is 18.4 Å². The van der Waals surface area contributed by atoms with Crippen LogP contribution in [0.1, 0.15) is 31.7 Å². The maximum atomic E-state index is 12.1. The second-order valence-corrected chi connectivity index (χ2v) is 4.84. The normalized spacial score (nSPS) is 18.4. The summed E-state index contributed by atoms with van der Waals surface area (Å²) in [5, 5.41) is 0. The minimum absolute atomic E-state index is 0.202. The zero-order valence-electron chi connectivity index (χ0n) is 11.4. The van der Waals surface area contributed by atoms with Crippen LogP contribution in [-0.2, 0) is 11.3 Å². The van der Waals surface area contributed by atoms with Crippen molar-refractivity contribution in [3.8, 4) is 0 Å². The predicted molar refractivity (Wildman–Crippen MR) is 75.8 cm³/mol. The third kappa shape index (κ3) is 3.85. The number of carbonyl (C=O) groups excluding carboxylic acids is 1. The summed E-state index contributed by atoms with van der Waals surface area (Å²) in [6.07, 6.45) is 7.05. The van der Waals surface area contributed by atoms with Gasteiger partial charge in [0.05, 0.1) is 0 Å². The lowest BCUT2D eigenvalue weighted by Crippen LogP contribution is -2.42. The Morgan fingerprint density at radius 1 is 1.32 bits per heavy atom. The van der Waals surface area contributed by atoms with Crippen LogP contribution in [0.3, 0.4) is 0 Å². The molecule has 0 bridgehead atoms. The molecule has 0 saturated heterocycles. The second kappa shape index (κ2) is 6.98. The van der Waals surface area contributed by atoms with Gasteiger partial charge in [0.15, 0.2) is 0 Å². The van der Waals surface area contributed by atoms with E-state index in [0.717, 1.165) is 24.8 Å². The van der Waals surface area contributed by atoms with Gasteiger partial charge in [-0.15, -0.1) is 0 Å². The summed E-state index contributed by atoms with van der Waals surface area (Å²) >= 11 is 0. The van der Waals surface area contributed by atoms with Gasteiger partial charge >= 0.3 is 6.09 Å². The van der Waals surface area contributed by atoms with Crippen LogP contribution in [-0.4, -0.2) is 23.6 Å². The molecule has 0 unspecified atom stereocenters. The summed E-state index contributed by atoms with van der Waals surface area (Å²) in [4.78, 5) is 14.0. The van der Waals surface area contributed by atoms with Crippen molar-refractivity contribution in [1.82, 2.24) is 4.90 Å². The smallest absolute Gasteiger partial charge is 0.410 e. The van der Waals surface area contributed by atoms with Crippen LogP contribution in [0.25, 0.3) is 0 Å². The van der Waals surface area contributed by atoms with Crippen molar-refractivity contribution in [2.45, 2.75) is 38.8 Å². The van der Waals surface area contributed by atoms with Gasteiger partial charge < -0.3 is 9.64 Å². The van der Waals surface area contributed by atoms with Gasteiger partial charge in [0, 0.05) is 12.6 Å². The predicted octanol–water partition coefficient (Wildman–Crippen LogP) is 3.75. The first kappa shape index (κ1) is 13.7. The Hall–Kier alpha value is -1.77. The van der Waals surface area contributed by atoms with Crippen LogP contribution >= 0.6 is 0 Å². The molecule has 1 aliphatic heterocycles. The Kier molecular flexibility index (Phi) is 5.01. The molecule has 0 N–H and O–H groups in total. The van der Waals surface area contributed by atoms with Gasteiger partial charge in [-0.25, -0.2) is 4.79 Å². The first-order chi connectivity index (χ1) is 9.31. The number of carbonyl (C=O) groups is 1. The third-order valence-corrected chi connectivity index (χ3v) is 3.38. The summed E-state index contributed by atoms with van der Waals surface area (Å²) in [7, 11) is 0. The standard InChI is InChI=1S/C16H21NO2/c1-2-8-15-11-6-7-12-17(15)16(18)19-13-14-9-4-3-5-10-14/h3-7,9-10,15H,2,8,11-13H2,1H3/t15-/m1/s1. The summed E-state index contributed by atoms with van der Waals surface area (Å²) in [5.41, 5.74) is 1.02. The molecule has 1 aliphatic rings. The highest BCUT2D eigenvalue weighted by Gasteiger charge is 2.24. The van der Waals surface area contributed by atoms with E-state index < -0.39 is 0 Å². The summed E-state index contributed by atoms with van der Waals surface area (Å²) in [5.74, 6) is 0. The van der Waals surface area contributed by atoms with Crippen molar-refractivity contribution in [3.63, 3.8) is 0 Å². The van der Waals surface area contributed by atoms with E-state index in [0.29, 0.717) is 19.2 Å². The number of hydrogen-bond acceptors (Lipinski definition) is 2. The topological polar surface area (TPSA) is 29.5 Å². The maximum Gasteiger partial charge on any atom is 0.410 e. The molecule has 2 rings (SSSR count). The van der Waals surface area contributed by atoms with Crippen molar-refractivity contribution < 1.29 is 9.53 Å². The average molecular weight is 259 g/mol. The number of hydrogen-bond donors (Lipinski definition) is 0. The monoisotopic (exact) mass is 259 g/mol. The van der Waals surface area contributed by atoms with E-state index in [4.69, 9.17) is 4.74 Å². The van der Waals surface area contributed by atoms with Gasteiger partial charge in [0.25, 0.3) is 0 Å². The molecule has 0 spiro atoms. The Bertz CT molecular complexity index is 428. The molecule has 0 aromatic heterocycles. The second-order valence-electron chi connectivity index (χ2n) is 4.84. The molecule has 0 saturated carbocycles. The fourth-order valence-electron chi connectivity index (χ4n) is 2.35. The summed E-state index contributed by atoms with van der Waals surface area (Å²) in [6, 6.07) is 10.1. The Labute approximate surface area is 114 Å². The molecule has 1 amide bonds. The van der Waals surface area contributed by atoms with Crippen LogP contribution < -0.4 is 0 Å². The van der Waals surface area contributed by atoms with Crippen LogP contribution in [0, 0.1) is 0 Å². The molecule has 0 radical (unpaired) electrons. The van der Waals surface area contributed by atoms with Crippen molar-refractivity contribution in [2.75, 3.05) is 6.54 Å². The number of benzene rings is 1. The zero-order chi connectivity index (χ0) is 13.5. The third-order valence-electron chi connectivity index (χ3n) is 3.38. The molecule has 1 aromatic rings. The van der Waals surface area contributed by atoms with Crippen molar-refractivity contribution in [2.24, 2.45) is 0 Å². The molecule has 0 aliphatic carbocycles. The first-order valence-corrected chi connectivity index (χ1v) is 6.93. The van der Waals surface area contributed by atoms with Crippen LogP contribution in [0.15, 0.2) is 42.5 Å². The molecular weight excluding hydrogens is 238 g/mol. The molecule has 1 aromatic carbocycles. The van der Waals surface area contributed by atoms with Gasteiger partial charge in [0.2, 0.25) is 0 Å². The summed E-state index contributed by atoms with van der Waals surface area (Å²) in [6.45, 7) is 3.16. The lowest BCUT2D eigenvalue weighted by Gasteiger charge is -2.32. The molecular formula is C16H21NO2. The van der Waals surface area contributed by atoms with E-state index in [9.17, 15) is 4.79 Å². The molecule has 0 fully saturated rings. The molecule has 1 heterocycles. The fraction of sp³-hybridized carbons (Fsp3) is 0.438. The van der Waals surface area contributed by atoms with E-state index >= 15 is 0 Å². The highest BCUT2D eigenvalue weighted by Crippen LogP contribution is 2.17. The van der Waals surface area contributed by atoms with Crippen molar-refractivity contribution in [3.05, 3.63) is 48.0 Å². The highest BCUT2D eigenvalue weighted by atomic mass is 16.6. The Balaban J connectivity index is 1.89. The molecule has 1 atom stereocenters. The first-order valence-electron chi connectivity index (χ1n) is 6.93. The van der Waals surface area contributed by atoms with E-state index in [1.807, 2.05) is 41.3 Å². The van der Waals surface area contributed by atoms with Gasteiger partial charge in [0.1, 0.15) is 6.61 Å². The minimum Gasteiger partial charge on any atom is -0.445 e. The fourth-order valence-corrected chi connectivity index (χ4v) is 2.35. The van der Waals surface area contributed by atoms with E-state index in [2.05, 4.69) is 13.0 Å². The lowest BCUT2D eigenvalue weighted by atomic mass is 10.0. The van der Waals surface area contributed by atoms with Crippen molar-refractivity contribution in [1.29, 1.82) is 0 Å². The quantitative estimate of drug-likeness (QED) is 0.771. The number of nitrogens with zero attached hydrogens (tertiary/aromatic N) is 1.